The number of carbonyl (C=O) groups is 4. The number of hydrogen-bond donors (Lipinski definition) is 3. The highest BCUT2D eigenvalue weighted by molar-refractivity contribution is 7.90. The first-order chi connectivity index (χ1) is 31.8. The molecule has 66 heavy (non-hydrogen) atoms. The summed E-state index contributed by atoms with van der Waals surface area (Å²) in [6, 6.07) is 14.1. The van der Waals surface area contributed by atoms with Gasteiger partial charge < -0.3 is 24.3 Å². The Labute approximate surface area is 378 Å². The summed E-state index contributed by atoms with van der Waals surface area (Å²) in [6.07, 6.45) is 3.77. The Balaban J connectivity index is 0.767. The summed E-state index contributed by atoms with van der Waals surface area (Å²) in [5.74, 6) is -3.72. The largest absolute Gasteiger partial charge is 0.496 e. The average Bonchev–Trinajstić information content (AvgIpc) is 4.04. The topological polar surface area (TPSA) is 187 Å². The molecule has 3 aromatic carbocycles. The van der Waals surface area contributed by atoms with E-state index in [4.69, 9.17) is 9.47 Å². The first kappa shape index (κ1) is 44.7. The Kier molecular flexibility index (Phi) is 12.5. The van der Waals surface area contributed by atoms with Crippen LogP contribution < -0.4 is 24.4 Å². The molecule has 9 rings (SSSR count). The molecule has 6 heterocycles. The zero-order chi connectivity index (χ0) is 46.3. The third-order valence-electron chi connectivity index (χ3n) is 12.6. The minimum Gasteiger partial charge on any atom is -0.496 e. The summed E-state index contributed by atoms with van der Waals surface area (Å²) >= 11 is 0. The molecule has 0 aliphatic carbocycles. The Morgan fingerprint density at radius 3 is 2.47 bits per heavy atom. The van der Waals surface area contributed by atoms with Gasteiger partial charge in [-0.3, -0.25) is 34.1 Å². The molecule has 3 N–H and O–H groups in total. The third-order valence-corrected chi connectivity index (χ3v) is 14.1. The number of methoxy groups -OCH3 is 1. The van der Waals surface area contributed by atoms with E-state index in [9.17, 15) is 32.0 Å². The molecule has 16 nitrogen and oxygen atoms in total. The van der Waals surface area contributed by atoms with Crippen LogP contribution in [-0.2, 0) is 26.3 Å². The van der Waals surface area contributed by atoms with Crippen molar-refractivity contribution in [1.82, 2.24) is 29.4 Å². The van der Waals surface area contributed by atoms with Crippen LogP contribution in [0.2, 0.25) is 0 Å². The van der Waals surface area contributed by atoms with Gasteiger partial charge in [0, 0.05) is 92.9 Å². The number of ether oxygens (including phenoxy) is 2. The molecule has 3 saturated heterocycles. The molecule has 0 bridgehead atoms. The minimum atomic E-state index is -4.36. The van der Waals surface area contributed by atoms with Gasteiger partial charge in [0.1, 0.15) is 35.2 Å². The van der Waals surface area contributed by atoms with Crippen LogP contribution in [0, 0.1) is 11.6 Å². The number of imide groups is 1. The van der Waals surface area contributed by atoms with Crippen LogP contribution in [0.5, 0.6) is 11.5 Å². The van der Waals surface area contributed by atoms with Crippen LogP contribution in [0.25, 0.3) is 22.2 Å². The number of fused-ring (bicyclic) bond motifs is 2. The summed E-state index contributed by atoms with van der Waals surface area (Å²) in [7, 11) is -2.87. The highest BCUT2D eigenvalue weighted by Crippen LogP contribution is 2.37. The Morgan fingerprint density at radius 2 is 1.74 bits per heavy atom. The highest BCUT2D eigenvalue weighted by atomic mass is 32.2. The Hall–Kier alpha value is -6.51. The zero-order valence-electron chi connectivity index (χ0n) is 35.9. The van der Waals surface area contributed by atoms with Gasteiger partial charge >= 0.3 is 10.2 Å². The number of amides is 3. The van der Waals surface area contributed by atoms with Crippen molar-refractivity contribution >= 4 is 56.1 Å². The van der Waals surface area contributed by atoms with Gasteiger partial charge in [0.25, 0.3) is 5.91 Å². The van der Waals surface area contributed by atoms with Crippen molar-refractivity contribution in [1.29, 1.82) is 0 Å². The molecular formula is C46H47F3N8O8S. The summed E-state index contributed by atoms with van der Waals surface area (Å²) in [5, 5.41) is 2.64. The summed E-state index contributed by atoms with van der Waals surface area (Å²) < 4.78 is 84.6. The molecule has 4 aliphatic heterocycles. The molecule has 346 valence electrons. The number of nitrogens with one attached hydrogen (secondary N) is 3. The van der Waals surface area contributed by atoms with Crippen LogP contribution in [0.3, 0.4) is 0 Å². The number of nitrogens with zero attached hydrogens (tertiary/aromatic N) is 5. The SMILES string of the molecule is COc1cc(OCCCCN2CCN(c3ccc(-c4cnc5[nH]cc(C(=O)c6c(F)ccc(NS(=O)(=O)N7CC[C@@H](F)C7)c6F)c5c4)cc3)CC2)cc2c1C(=O)N(C1CCC(=O)NC1=O)C2. The number of unbranched alkanes of at least 4 members (excludes halogenated alkanes) is 1. The second kappa shape index (κ2) is 18.4. The van der Waals surface area contributed by atoms with Crippen molar-refractivity contribution in [3.05, 3.63) is 101 Å². The number of anilines is 2. The molecule has 0 saturated carbocycles. The minimum absolute atomic E-state index is 0.00144. The third kappa shape index (κ3) is 8.91. The molecule has 4 aliphatic rings. The fraction of sp³-hybridized carbons (Fsp3) is 0.370. The number of ketones is 1. The fourth-order valence-corrected chi connectivity index (χ4v) is 10.3. The van der Waals surface area contributed by atoms with E-state index in [0.29, 0.717) is 45.8 Å². The molecule has 3 fully saturated rings. The molecule has 1 unspecified atom stereocenters. The highest BCUT2D eigenvalue weighted by Gasteiger charge is 2.41. The van der Waals surface area contributed by atoms with Crippen LogP contribution in [0.4, 0.5) is 24.5 Å². The first-order valence-corrected chi connectivity index (χ1v) is 23.2. The molecule has 2 atom stereocenters. The number of piperazine rings is 1. The van der Waals surface area contributed by atoms with Crippen molar-refractivity contribution in [2.75, 3.05) is 69.2 Å². The lowest BCUT2D eigenvalue weighted by Gasteiger charge is -2.36. The predicted molar refractivity (Wildman–Crippen MR) is 237 cm³/mol. The monoisotopic (exact) mass is 928 g/mol. The lowest BCUT2D eigenvalue weighted by Crippen LogP contribution is -2.52. The van der Waals surface area contributed by atoms with E-state index in [1.165, 1.54) is 18.2 Å². The molecule has 5 aromatic rings. The van der Waals surface area contributed by atoms with Crippen LogP contribution in [0.1, 0.15) is 63.9 Å². The van der Waals surface area contributed by atoms with Gasteiger partial charge in [0.15, 0.2) is 5.82 Å². The number of H-pyrrole nitrogens is 1. The van der Waals surface area contributed by atoms with Gasteiger partial charge in [-0.05, 0) is 79.8 Å². The number of pyridine rings is 1. The van der Waals surface area contributed by atoms with E-state index in [2.05, 4.69) is 25.1 Å². The van der Waals surface area contributed by atoms with E-state index < -0.39 is 63.5 Å². The van der Waals surface area contributed by atoms with Gasteiger partial charge in [0.05, 0.1) is 30.5 Å². The molecule has 2 aromatic heterocycles. The number of alkyl halides is 1. The van der Waals surface area contributed by atoms with Gasteiger partial charge in [-0.25, -0.2) is 18.2 Å². The number of aromatic amines is 1. The number of hydrogen-bond acceptors (Lipinski definition) is 11. The molecule has 20 heteroatoms. The van der Waals surface area contributed by atoms with Crippen molar-refractivity contribution in [2.24, 2.45) is 0 Å². The van der Waals surface area contributed by atoms with Crippen molar-refractivity contribution in [2.45, 2.75) is 50.9 Å². The first-order valence-electron chi connectivity index (χ1n) is 21.8. The average molecular weight is 929 g/mol. The standard InChI is InChI=1S/C46H47F3N8O8S/c1-64-38-22-32(20-29-25-57(46(61)40(29)38)37-10-11-39(58)52-45(37)60)65-19-3-2-13-54-15-17-55(18-16-54)31-6-4-27(5-7-31)28-21-33-34(24-51-44(33)50-23-28)43(59)41-35(48)8-9-36(42(41)49)53-66(62,63)56-14-12-30(47)26-56/h4-9,20-24,30,37,53H,2-3,10-19,25-26H2,1H3,(H,50,51)(H,52,58,60)/t30-,37?/m1/s1. The summed E-state index contributed by atoms with van der Waals surface area (Å²) in [4.78, 5) is 64.7. The number of piperidine rings is 1. The summed E-state index contributed by atoms with van der Waals surface area (Å²) in [5.41, 5.74) is 2.32. The van der Waals surface area contributed by atoms with Crippen LogP contribution in [0.15, 0.2) is 67.0 Å². The quantitative estimate of drug-likeness (QED) is 0.0713. The van der Waals surface area contributed by atoms with E-state index >= 15 is 8.78 Å². The molecule has 0 spiro atoms. The predicted octanol–water partition coefficient (Wildman–Crippen LogP) is 5.19. The summed E-state index contributed by atoms with van der Waals surface area (Å²) in [6.45, 7) is 4.52. The van der Waals surface area contributed by atoms with Gasteiger partial charge in [-0.1, -0.05) is 12.1 Å². The Morgan fingerprint density at radius 1 is 0.955 bits per heavy atom. The van der Waals surface area contributed by atoms with Crippen molar-refractivity contribution < 1.29 is 50.2 Å². The number of benzene rings is 3. The maximum Gasteiger partial charge on any atom is 0.301 e. The van der Waals surface area contributed by atoms with E-state index in [1.54, 1.807) is 18.3 Å². The van der Waals surface area contributed by atoms with Gasteiger partial charge in [0.2, 0.25) is 17.6 Å². The lowest BCUT2D eigenvalue weighted by atomic mass is 9.99. The Bertz CT molecular complexity index is 2840. The maximum atomic E-state index is 15.7. The van der Waals surface area contributed by atoms with E-state index in [0.717, 1.165) is 73.3 Å². The zero-order valence-corrected chi connectivity index (χ0v) is 36.8. The number of aromatic nitrogens is 2. The lowest BCUT2D eigenvalue weighted by molar-refractivity contribution is -0.136. The van der Waals surface area contributed by atoms with E-state index in [1.807, 2.05) is 35.1 Å². The van der Waals surface area contributed by atoms with Crippen LogP contribution >= 0.6 is 0 Å². The second-order valence-corrected chi connectivity index (χ2v) is 18.4. The van der Waals surface area contributed by atoms with Crippen LogP contribution in [-0.4, -0.2) is 128 Å². The van der Waals surface area contributed by atoms with Gasteiger partial charge in [-0.15, -0.1) is 0 Å². The molecular weight excluding hydrogens is 882 g/mol. The number of halogens is 3. The molecule has 3 amide bonds. The number of carbonyl (C=O) groups excluding carboxylic acids is 4. The fourth-order valence-electron chi connectivity index (χ4n) is 9.04. The number of rotatable bonds is 15. The van der Waals surface area contributed by atoms with Gasteiger partial charge in [-0.2, -0.15) is 12.7 Å². The van der Waals surface area contributed by atoms with Crippen molar-refractivity contribution in [3.63, 3.8) is 0 Å². The molecule has 0 radical (unpaired) electrons. The van der Waals surface area contributed by atoms with E-state index in [-0.39, 0.29) is 49.7 Å². The maximum absolute atomic E-state index is 15.7. The smallest absolute Gasteiger partial charge is 0.301 e. The van der Waals surface area contributed by atoms with Crippen molar-refractivity contribution in [3.8, 4) is 22.6 Å². The normalized spacial score (nSPS) is 19.4. The second-order valence-electron chi connectivity index (χ2n) is 16.8.